The Labute approximate surface area is 127 Å². The van der Waals surface area contributed by atoms with Crippen LogP contribution < -0.4 is 4.74 Å². The van der Waals surface area contributed by atoms with Crippen LogP contribution in [-0.4, -0.2) is 40.8 Å². The highest BCUT2D eigenvalue weighted by Gasteiger charge is 2.47. The molecule has 1 aromatic rings. The van der Waals surface area contributed by atoms with Crippen LogP contribution in [0.3, 0.4) is 0 Å². The van der Waals surface area contributed by atoms with E-state index in [1.54, 1.807) is 7.11 Å². The van der Waals surface area contributed by atoms with Gasteiger partial charge in [0.2, 0.25) is 5.88 Å². The fraction of sp³-hybridized carbons (Fsp3) is 0.706. The molecular formula is C17H26N2O2. The normalized spacial score (nSPS) is 32.9. The lowest BCUT2D eigenvalue weighted by atomic mass is 9.69. The number of ether oxygens (including phenoxy) is 1. The Morgan fingerprint density at radius 2 is 2.29 bits per heavy atom. The minimum Gasteiger partial charge on any atom is -0.481 e. The Hall–Kier alpha value is -1.13. The maximum absolute atomic E-state index is 10.9. The van der Waals surface area contributed by atoms with Crippen LogP contribution in [-0.2, 0) is 6.54 Å². The Kier molecular flexibility index (Phi) is 4.18. The van der Waals surface area contributed by atoms with Gasteiger partial charge in [0, 0.05) is 31.6 Å². The van der Waals surface area contributed by atoms with Gasteiger partial charge in [-0.1, -0.05) is 19.4 Å². The van der Waals surface area contributed by atoms with Gasteiger partial charge >= 0.3 is 0 Å². The molecule has 2 aliphatic rings. The van der Waals surface area contributed by atoms with Crippen LogP contribution in [0.2, 0.25) is 0 Å². The molecule has 3 atom stereocenters. The van der Waals surface area contributed by atoms with Gasteiger partial charge in [-0.2, -0.15) is 0 Å². The van der Waals surface area contributed by atoms with E-state index in [4.69, 9.17) is 4.74 Å². The number of aromatic nitrogens is 1. The molecule has 2 heterocycles. The molecule has 4 nitrogen and oxygen atoms in total. The molecule has 2 fully saturated rings. The largest absolute Gasteiger partial charge is 0.481 e. The van der Waals surface area contributed by atoms with E-state index in [9.17, 15) is 5.11 Å². The molecule has 0 amide bonds. The Morgan fingerprint density at radius 1 is 1.43 bits per heavy atom. The lowest BCUT2D eigenvalue weighted by Gasteiger charge is -2.40. The summed E-state index contributed by atoms with van der Waals surface area (Å²) in [7, 11) is 1.65. The Bertz CT molecular complexity index is 493. The number of hydrogen-bond acceptors (Lipinski definition) is 4. The first-order valence-corrected chi connectivity index (χ1v) is 8.09. The number of fused-ring (bicyclic) bond motifs is 1. The second-order valence-electron chi connectivity index (χ2n) is 6.58. The predicted octanol–water partition coefficient (Wildman–Crippen LogP) is 2.46. The summed E-state index contributed by atoms with van der Waals surface area (Å²) in [5.41, 5.74) is 0.604. The summed E-state index contributed by atoms with van der Waals surface area (Å²) >= 11 is 0. The molecule has 1 saturated heterocycles. The van der Waals surface area contributed by atoms with E-state index in [2.05, 4.69) is 22.9 Å². The number of rotatable bonds is 4. The van der Waals surface area contributed by atoms with E-state index in [0.29, 0.717) is 17.7 Å². The molecule has 3 rings (SSSR count). The van der Waals surface area contributed by atoms with Crippen molar-refractivity contribution in [3.05, 3.63) is 23.9 Å². The SMILES string of the molecule is CC[C@]1(O)CCC[C@H]2CN(Cc3cccc(OC)n3)C[C@H]21. The average molecular weight is 290 g/mol. The van der Waals surface area contributed by atoms with Gasteiger partial charge in [0.25, 0.3) is 0 Å². The third-order valence-electron chi connectivity index (χ3n) is 5.38. The van der Waals surface area contributed by atoms with E-state index < -0.39 is 5.60 Å². The van der Waals surface area contributed by atoms with Crippen LogP contribution >= 0.6 is 0 Å². The number of methoxy groups -OCH3 is 1. The lowest BCUT2D eigenvalue weighted by molar-refractivity contribution is -0.0613. The van der Waals surface area contributed by atoms with E-state index >= 15 is 0 Å². The number of aliphatic hydroxyl groups is 1. The summed E-state index contributed by atoms with van der Waals surface area (Å²) in [6.07, 6.45) is 4.26. The molecule has 4 heteroatoms. The van der Waals surface area contributed by atoms with Crippen molar-refractivity contribution < 1.29 is 9.84 Å². The first-order valence-electron chi connectivity index (χ1n) is 8.09. The molecule has 1 aromatic heterocycles. The van der Waals surface area contributed by atoms with Crippen LogP contribution in [0, 0.1) is 11.8 Å². The quantitative estimate of drug-likeness (QED) is 0.925. The fourth-order valence-corrected chi connectivity index (χ4v) is 4.17. The van der Waals surface area contributed by atoms with Crippen molar-refractivity contribution in [2.24, 2.45) is 11.8 Å². The highest BCUT2D eigenvalue weighted by molar-refractivity contribution is 5.16. The van der Waals surface area contributed by atoms with Crippen LogP contribution in [0.4, 0.5) is 0 Å². The van der Waals surface area contributed by atoms with Crippen molar-refractivity contribution >= 4 is 0 Å². The third-order valence-corrected chi connectivity index (χ3v) is 5.38. The number of hydrogen-bond donors (Lipinski definition) is 1. The monoisotopic (exact) mass is 290 g/mol. The zero-order chi connectivity index (χ0) is 14.9. The van der Waals surface area contributed by atoms with Gasteiger partial charge in [-0.15, -0.1) is 0 Å². The van der Waals surface area contributed by atoms with E-state index in [1.165, 1.54) is 6.42 Å². The molecule has 116 valence electrons. The summed E-state index contributed by atoms with van der Waals surface area (Å²) < 4.78 is 5.19. The second-order valence-corrected chi connectivity index (χ2v) is 6.58. The number of likely N-dealkylation sites (tertiary alicyclic amines) is 1. The van der Waals surface area contributed by atoms with E-state index in [1.807, 2.05) is 12.1 Å². The fourth-order valence-electron chi connectivity index (χ4n) is 4.17. The molecule has 0 bridgehead atoms. The molecule has 1 aliphatic carbocycles. The van der Waals surface area contributed by atoms with Gasteiger partial charge in [0.05, 0.1) is 18.4 Å². The summed E-state index contributed by atoms with van der Waals surface area (Å²) in [6.45, 7) is 5.05. The maximum Gasteiger partial charge on any atom is 0.213 e. The van der Waals surface area contributed by atoms with Crippen molar-refractivity contribution in [3.8, 4) is 5.88 Å². The smallest absolute Gasteiger partial charge is 0.213 e. The molecule has 1 aliphatic heterocycles. The minimum absolute atomic E-state index is 0.432. The van der Waals surface area contributed by atoms with Gasteiger partial charge in [-0.25, -0.2) is 4.98 Å². The van der Waals surface area contributed by atoms with Gasteiger partial charge in [0.1, 0.15) is 0 Å². The summed E-state index contributed by atoms with van der Waals surface area (Å²) in [4.78, 5) is 6.95. The van der Waals surface area contributed by atoms with Gasteiger partial charge in [-0.05, 0) is 31.2 Å². The first-order chi connectivity index (χ1) is 10.1. The van der Waals surface area contributed by atoms with Gasteiger partial charge in [0.15, 0.2) is 0 Å². The van der Waals surface area contributed by atoms with Crippen LogP contribution in [0.5, 0.6) is 5.88 Å². The van der Waals surface area contributed by atoms with E-state index in [-0.39, 0.29) is 0 Å². The number of pyridine rings is 1. The summed E-state index contributed by atoms with van der Waals surface area (Å²) in [5, 5.41) is 10.9. The highest BCUT2D eigenvalue weighted by atomic mass is 16.5. The van der Waals surface area contributed by atoms with Gasteiger partial charge in [-0.3, -0.25) is 4.90 Å². The second kappa shape index (κ2) is 5.93. The molecule has 21 heavy (non-hydrogen) atoms. The molecule has 0 aromatic carbocycles. The Morgan fingerprint density at radius 3 is 3.05 bits per heavy atom. The van der Waals surface area contributed by atoms with Gasteiger partial charge < -0.3 is 9.84 Å². The van der Waals surface area contributed by atoms with Crippen molar-refractivity contribution in [2.45, 2.75) is 44.8 Å². The van der Waals surface area contributed by atoms with Crippen LogP contribution in [0.15, 0.2) is 18.2 Å². The third kappa shape index (κ3) is 2.92. The molecule has 0 radical (unpaired) electrons. The molecule has 0 spiro atoms. The predicted molar refractivity (Wildman–Crippen MR) is 82.1 cm³/mol. The standard InChI is InChI=1S/C17H26N2O2/c1-3-17(20)9-5-6-13-10-19(12-15(13)17)11-14-7-4-8-16(18-14)21-2/h4,7-8,13,15,20H,3,5-6,9-12H2,1-2H3/t13-,15+,17-/m0/s1. The minimum atomic E-state index is -0.445. The average Bonchev–Trinajstić information content (AvgIpc) is 2.92. The lowest BCUT2D eigenvalue weighted by Crippen LogP contribution is -2.44. The molecular weight excluding hydrogens is 264 g/mol. The summed E-state index contributed by atoms with van der Waals surface area (Å²) in [5.74, 6) is 1.75. The Balaban J connectivity index is 1.68. The topological polar surface area (TPSA) is 45.6 Å². The van der Waals surface area contributed by atoms with E-state index in [0.717, 1.165) is 44.6 Å². The zero-order valence-corrected chi connectivity index (χ0v) is 13.1. The van der Waals surface area contributed by atoms with Crippen LogP contribution in [0.1, 0.15) is 38.3 Å². The van der Waals surface area contributed by atoms with Crippen molar-refractivity contribution in [1.29, 1.82) is 0 Å². The van der Waals surface area contributed by atoms with Crippen molar-refractivity contribution in [2.75, 3.05) is 20.2 Å². The molecule has 0 unspecified atom stereocenters. The van der Waals surface area contributed by atoms with Crippen LogP contribution in [0.25, 0.3) is 0 Å². The zero-order valence-electron chi connectivity index (χ0n) is 13.1. The van der Waals surface area contributed by atoms with Crippen molar-refractivity contribution in [1.82, 2.24) is 9.88 Å². The summed E-state index contributed by atoms with van der Waals surface area (Å²) in [6, 6.07) is 5.92. The molecule has 1 saturated carbocycles. The number of nitrogens with zero attached hydrogens (tertiary/aromatic N) is 2. The molecule has 1 N–H and O–H groups in total. The highest BCUT2D eigenvalue weighted by Crippen LogP contribution is 2.44. The van der Waals surface area contributed by atoms with Crippen molar-refractivity contribution in [3.63, 3.8) is 0 Å². The first kappa shape index (κ1) is 14.8. The maximum atomic E-state index is 10.9.